The predicted molar refractivity (Wildman–Crippen MR) is 92.7 cm³/mol. The van der Waals surface area contributed by atoms with E-state index in [-0.39, 0.29) is 23.5 Å². The van der Waals surface area contributed by atoms with E-state index in [9.17, 15) is 13.6 Å². The summed E-state index contributed by atoms with van der Waals surface area (Å²) >= 11 is 0. The van der Waals surface area contributed by atoms with Crippen molar-refractivity contribution in [2.45, 2.75) is 19.4 Å². The molecule has 2 heterocycles. The van der Waals surface area contributed by atoms with Gasteiger partial charge in [-0.3, -0.25) is 9.69 Å². The number of carbonyl (C=O) groups excluding carboxylic acids is 1. The average Bonchev–Trinajstić information content (AvgIpc) is 2.66. The van der Waals surface area contributed by atoms with Crippen molar-refractivity contribution in [2.24, 2.45) is 5.92 Å². The van der Waals surface area contributed by atoms with Crippen molar-refractivity contribution in [3.8, 4) is 11.6 Å². The monoisotopic (exact) mass is 361 g/mol. The molecule has 1 fully saturated rings. The van der Waals surface area contributed by atoms with E-state index < -0.39 is 11.6 Å². The van der Waals surface area contributed by atoms with Crippen LogP contribution in [0.4, 0.5) is 8.78 Å². The molecule has 0 radical (unpaired) electrons. The Morgan fingerprint density at radius 3 is 2.92 bits per heavy atom. The van der Waals surface area contributed by atoms with E-state index in [0.29, 0.717) is 13.1 Å². The Morgan fingerprint density at radius 1 is 1.35 bits per heavy atom. The van der Waals surface area contributed by atoms with Gasteiger partial charge in [-0.1, -0.05) is 6.07 Å². The number of amides is 1. The maximum absolute atomic E-state index is 13.6. The molecule has 0 bridgehead atoms. The van der Waals surface area contributed by atoms with Gasteiger partial charge in [-0.2, -0.15) is 0 Å². The maximum atomic E-state index is 13.6. The first-order chi connectivity index (χ1) is 12.5. The highest BCUT2D eigenvalue weighted by molar-refractivity contribution is 5.78. The molecular weight excluding hydrogens is 340 g/mol. The molecule has 1 aromatic carbocycles. The number of piperidine rings is 1. The molecule has 26 heavy (non-hydrogen) atoms. The van der Waals surface area contributed by atoms with E-state index >= 15 is 0 Å². The van der Waals surface area contributed by atoms with Crippen molar-refractivity contribution < 1.29 is 18.3 Å². The van der Waals surface area contributed by atoms with Crippen LogP contribution >= 0.6 is 0 Å². The average molecular weight is 361 g/mol. The van der Waals surface area contributed by atoms with Crippen LogP contribution in [-0.4, -0.2) is 35.9 Å². The molecule has 1 saturated heterocycles. The number of nitrogens with zero attached hydrogens (tertiary/aromatic N) is 2. The van der Waals surface area contributed by atoms with Crippen LogP contribution in [0.3, 0.4) is 0 Å². The fraction of sp³-hybridized carbons (Fsp3) is 0.368. The summed E-state index contributed by atoms with van der Waals surface area (Å²) in [4.78, 5) is 18.2. The Hall–Kier alpha value is -2.54. The van der Waals surface area contributed by atoms with Crippen LogP contribution in [0.25, 0.3) is 0 Å². The second-order valence-corrected chi connectivity index (χ2v) is 6.37. The van der Waals surface area contributed by atoms with Gasteiger partial charge in [0.1, 0.15) is 5.82 Å². The van der Waals surface area contributed by atoms with Crippen LogP contribution < -0.4 is 10.1 Å². The molecule has 1 amide bonds. The second-order valence-electron chi connectivity index (χ2n) is 6.37. The molecule has 1 N–H and O–H groups in total. The smallest absolute Gasteiger partial charge is 0.224 e. The van der Waals surface area contributed by atoms with Crippen LogP contribution in [0.15, 0.2) is 36.5 Å². The second kappa shape index (κ2) is 8.23. The zero-order valence-electron chi connectivity index (χ0n) is 14.5. The van der Waals surface area contributed by atoms with E-state index in [1.54, 1.807) is 19.3 Å². The van der Waals surface area contributed by atoms with Gasteiger partial charge in [0.15, 0.2) is 11.6 Å². The molecule has 0 spiro atoms. The number of hydrogen-bond acceptors (Lipinski definition) is 4. The molecular formula is C19H21F2N3O2. The van der Waals surface area contributed by atoms with E-state index in [0.717, 1.165) is 43.1 Å². The van der Waals surface area contributed by atoms with Gasteiger partial charge in [0.25, 0.3) is 0 Å². The van der Waals surface area contributed by atoms with E-state index in [1.807, 2.05) is 6.07 Å². The lowest BCUT2D eigenvalue weighted by molar-refractivity contribution is -0.126. The van der Waals surface area contributed by atoms with Gasteiger partial charge >= 0.3 is 0 Å². The summed E-state index contributed by atoms with van der Waals surface area (Å²) in [7, 11) is 1.66. The molecule has 5 nitrogen and oxygen atoms in total. The third-order valence-corrected chi connectivity index (χ3v) is 4.43. The quantitative estimate of drug-likeness (QED) is 0.889. The minimum atomic E-state index is -0.647. The lowest BCUT2D eigenvalue weighted by Crippen LogP contribution is -2.41. The molecule has 1 aliphatic rings. The molecule has 1 atom stereocenters. The summed E-state index contributed by atoms with van der Waals surface area (Å²) in [6.07, 6.45) is 3.53. The van der Waals surface area contributed by atoms with Crippen LogP contribution in [0.1, 0.15) is 18.4 Å². The standard InChI is InChI=1S/C19H21F2N3O2/c1-22-19(25)14-3-2-8-24(12-14)11-13-4-7-18(23-10-13)26-17-9-15(20)5-6-16(17)21/h4-7,9-10,14H,2-3,8,11-12H2,1H3,(H,22,25)/t14-/m0/s1. The first-order valence-corrected chi connectivity index (χ1v) is 8.57. The summed E-state index contributed by atoms with van der Waals surface area (Å²) in [5.41, 5.74) is 0.967. The van der Waals surface area contributed by atoms with Crippen molar-refractivity contribution in [3.63, 3.8) is 0 Å². The number of nitrogens with one attached hydrogen (secondary N) is 1. The molecule has 138 valence electrons. The number of aromatic nitrogens is 1. The topological polar surface area (TPSA) is 54.5 Å². The number of pyridine rings is 1. The zero-order chi connectivity index (χ0) is 18.5. The van der Waals surface area contributed by atoms with E-state index in [4.69, 9.17) is 4.74 Å². The number of benzene rings is 1. The fourth-order valence-corrected chi connectivity index (χ4v) is 3.11. The van der Waals surface area contributed by atoms with Crippen molar-refractivity contribution >= 4 is 5.91 Å². The Bertz CT molecular complexity index is 768. The first-order valence-electron chi connectivity index (χ1n) is 8.57. The first kappa shape index (κ1) is 18.3. The van der Waals surface area contributed by atoms with Crippen LogP contribution in [-0.2, 0) is 11.3 Å². The lowest BCUT2D eigenvalue weighted by Gasteiger charge is -2.31. The molecule has 0 unspecified atom stereocenters. The Morgan fingerprint density at radius 2 is 2.19 bits per heavy atom. The van der Waals surface area contributed by atoms with Gasteiger partial charge in [-0.15, -0.1) is 0 Å². The summed E-state index contributed by atoms with van der Waals surface area (Å²) in [6, 6.07) is 6.49. The molecule has 0 aliphatic carbocycles. The number of halogens is 2. The highest BCUT2D eigenvalue weighted by Crippen LogP contribution is 2.24. The van der Waals surface area contributed by atoms with Crippen molar-refractivity contribution in [3.05, 3.63) is 53.7 Å². The normalized spacial score (nSPS) is 17.7. The Labute approximate surface area is 151 Å². The summed E-state index contributed by atoms with van der Waals surface area (Å²) in [6.45, 7) is 2.32. The van der Waals surface area contributed by atoms with Crippen LogP contribution in [0, 0.1) is 17.6 Å². The Kier molecular flexibility index (Phi) is 5.78. The number of rotatable bonds is 5. The number of likely N-dealkylation sites (tertiary alicyclic amines) is 1. The van der Waals surface area contributed by atoms with E-state index in [1.165, 1.54) is 0 Å². The molecule has 2 aromatic rings. The Balaban J connectivity index is 1.61. The fourth-order valence-electron chi connectivity index (χ4n) is 3.11. The third kappa shape index (κ3) is 4.54. The highest BCUT2D eigenvalue weighted by Gasteiger charge is 2.24. The van der Waals surface area contributed by atoms with Gasteiger partial charge in [0, 0.05) is 38.5 Å². The SMILES string of the molecule is CNC(=O)[C@H]1CCCN(Cc2ccc(Oc3cc(F)ccc3F)nc2)C1. The van der Waals surface area contributed by atoms with E-state index in [2.05, 4.69) is 15.2 Å². The van der Waals surface area contributed by atoms with Crippen molar-refractivity contribution in [1.82, 2.24) is 15.2 Å². The molecule has 3 rings (SSSR count). The largest absolute Gasteiger partial charge is 0.436 e. The molecule has 0 saturated carbocycles. The summed E-state index contributed by atoms with van der Waals surface area (Å²) in [5, 5.41) is 2.71. The van der Waals surface area contributed by atoms with Gasteiger partial charge < -0.3 is 10.1 Å². The van der Waals surface area contributed by atoms with Crippen molar-refractivity contribution in [1.29, 1.82) is 0 Å². The summed E-state index contributed by atoms with van der Waals surface area (Å²) < 4.78 is 32.1. The van der Waals surface area contributed by atoms with Crippen LogP contribution in [0.5, 0.6) is 11.6 Å². The lowest BCUT2D eigenvalue weighted by atomic mass is 9.97. The molecule has 1 aliphatic heterocycles. The number of carbonyl (C=O) groups is 1. The zero-order valence-corrected chi connectivity index (χ0v) is 14.5. The molecule has 7 heteroatoms. The van der Waals surface area contributed by atoms with Gasteiger partial charge in [-0.05, 0) is 37.1 Å². The molecule has 1 aromatic heterocycles. The van der Waals surface area contributed by atoms with Crippen LogP contribution in [0.2, 0.25) is 0 Å². The third-order valence-electron chi connectivity index (χ3n) is 4.43. The summed E-state index contributed by atoms with van der Waals surface area (Å²) in [5.74, 6) is -1.14. The predicted octanol–water partition coefficient (Wildman–Crippen LogP) is 3.11. The van der Waals surface area contributed by atoms with Gasteiger partial charge in [0.2, 0.25) is 11.8 Å². The minimum Gasteiger partial charge on any atom is -0.436 e. The highest BCUT2D eigenvalue weighted by atomic mass is 19.1. The maximum Gasteiger partial charge on any atom is 0.224 e. The van der Waals surface area contributed by atoms with Crippen molar-refractivity contribution in [2.75, 3.05) is 20.1 Å². The number of hydrogen-bond donors (Lipinski definition) is 1. The van der Waals surface area contributed by atoms with Gasteiger partial charge in [0.05, 0.1) is 5.92 Å². The number of ether oxygens (including phenoxy) is 1. The van der Waals surface area contributed by atoms with Gasteiger partial charge in [-0.25, -0.2) is 13.8 Å². The minimum absolute atomic E-state index is 0.0141.